The molecule has 1 aromatic rings. The van der Waals surface area contributed by atoms with Gasteiger partial charge in [-0.2, -0.15) is 0 Å². The standard InChI is InChI=1S/C15H23NO2/c1-4-14(12-7-8-18-10-12)16-15-9-13(17-3)6-5-11(15)2/h5-6,9,12,14,16H,4,7-8,10H2,1-3H3. The molecule has 0 bridgehead atoms. The molecule has 1 aromatic carbocycles. The molecule has 0 aliphatic carbocycles. The lowest BCUT2D eigenvalue weighted by atomic mass is 9.96. The lowest BCUT2D eigenvalue weighted by molar-refractivity contribution is 0.182. The normalized spacial score (nSPS) is 20.7. The Morgan fingerprint density at radius 3 is 2.94 bits per heavy atom. The van der Waals surface area contributed by atoms with Crippen molar-refractivity contribution in [2.24, 2.45) is 5.92 Å². The summed E-state index contributed by atoms with van der Waals surface area (Å²) in [6, 6.07) is 6.66. The predicted molar refractivity (Wildman–Crippen MR) is 74.4 cm³/mol. The summed E-state index contributed by atoms with van der Waals surface area (Å²) in [5.41, 5.74) is 2.43. The second kappa shape index (κ2) is 6.10. The molecule has 100 valence electrons. The number of aryl methyl sites for hydroxylation is 1. The maximum absolute atomic E-state index is 5.49. The predicted octanol–water partition coefficient (Wildman–Crippen LogP) is 3.23. The highest BCUT2D eigenvalue weighted by Gasteiger charge is 2.24. The van der Waals surface area contributed by atoms with Crippen molar-refractivity contribution in [3.8, 4) is 5.75 Å². The average molecular weight is 249 g/mol. The molecule has 0 radical (unpaired) electrons. The smallest absolute Gasteiger partial charge is 0.120 e. The van der Waals surface area contributed by atoms with E-state index in [1.165, 1.54) is 11.3 Å². The molecule has 2 unspecified atom stereocenters. The molecule has 1 aliphatic heterocycles. The summed E-state index contributed by atoms with van der Waals surface area (Å²) in [7, 11) is 1.70. The van der Waals surface area contributed by atoms with Gasteiger partial charge in [-0.1, -0.05) is 13.0 Å². The van der Waals surface area contributed by atoms with E-state index in [4.69, 9.17) is 9.47 Å². The molecule has 0 saturated carbocycles. The number of ether oxygens (including phenoxy) is 2. The summed E-state index contributed by atoms with van der Waals surface area (Å²) < 4.78 is 10.8. The molecule has 1 saturated heterocycles. The molecule has 2 rings (SSSR count). The first-order chi connectivity index (χ1) is 8.74. The molecule has 3 heteroatoms. The van der Waals surface area contributed by atoms with Gasteiger partial charge in [-0.05, 0) is 31.4 Å². The molecule has 1 heterocycles. The summed E-state index contributed by atoms with van der Waals surface area (Å²) in [5.74, 6) is 1.53. The van der Waals surface area contributed by atoms with Crippen molar-refractivity contribution in [3.63, 3.8) is 0 Å². The Kier molecular flexibility index (Phi) is 4.48. The lowest BCUT2D eigenvalue weighted by Crippen LogP contribution is -2.29. The minimum absolute atomic E-state index is 0.485. The van der Waals surface area contributed by atoms with E-state index in [9.17, 15) is 0 Å². The van der Waals surface area contributed by atoms with Crippen molar-refractivity contribution >= 4 is 5.69 Å². The number of hydrogen-bond acceptors (Lipinski definition) is 3. The van der Waals surface area contributed by atoms with Crippen LogP contribution in [-0.4, -0.2) is 26.4 Å². The van der Waals surface area contributed by atoms with E-state index in [2.05, 4.69) is 31.3 Å². The number of nitrogens with one attached hydrogen (secondary N) is 1. The van der Waals surface area contributed by atoms with Gasteiger partial charge in [0.25, 0.3) is 0 Å². The van der Waals surface area contributed by atoms with Crippen LogP contribution in [0.3, 0.4) is 0 Å². The highest BCUT2D eigenvalue weighted by Crippen LogP contribution is 2.27. The van der Waals surface area contributed by atoms with Gasteiger partial charge < -0.3 is 14.8 Å². The van der Waals surface area contributed by atoms with Crippen LogP contribution in [0.2, 0.25) is 0 Å². The molecular weight excluding hydrogens is 226 g/mol. The van der Waals surface area contributed by atoms with Crippen molar-refractivity contribution in [2.45, 2.75) is 32.7 Å². The van der Waals surface area contributed by atoms with E-state index >= 15 is 0 Å². The van der Waals surface area contributed by atoms with E-state index < -0.39 is 0 Å². The van der Waals surface area contributed by atoms with E-state index in [1.807, 2.05) is 6.07 Å². The van der Waals surface area contributed by atoms with Crippen LogP contribution in [0.15, 0.2) is 18.2 Å². The van der Waals surface area contributed by atoms with Gasteiger partial charge in [-0.15, -0.1) is 0 Å². The maximum Gasteiger partial charge on any atom is 0.120 e. The SMILES string of the molecule is CCC(Nc1cc(OC)ccc1C)C1CCOC1. The van der Waals surface area contributed by atoms with Crippen molar-refractivity contribution in [1.29, 1.82) is 0 Å². The van der Waals surface area contributed by atoms with Gasteiger partial charge in [0.2, 0.25) is 0 Å². The molecule has 2 atom stereocenters. The van der Waals surface area contributed by atoms with Crippen LogP contribution in [0.5, 0.6) is 5.75 Å². The van der Waals surface area contributed by atoms with Crippen LogP contribution in [0.4, 0.5) is 5.69 Å². The Hall–Kier alpha value is -1.22. The summed E-state index contributed by atoms with van der Waals surface area (Å²) >= 11 is 0. The molecule has 3 nitrogen and oxygen atoms in total. The van der Waals surface area contributed by atoms with Crippen molar-refractivity contribution in [3.05, 3.63) is 23.8 Å². The van der Waals surface area contributed by atoms with Crippen LogP contribution < -0.4 is 10.1 Å². The largest absolute Gasteiger partial charge is 0.497 e. The van der Waals surface area contributed by atoms with Crippen LogP contribution in [-0.2, 0) is 4.74 Å². The van der Waals surface area contributed by atoms with E-state index in [0.717, 1.165) is 31.8 Å². The summed E-state index contributed by atoms with van der Waals surface area (Å²) in [5, 5.41) is 3.65. The fourth-order valence-corrected chi connectivity index (χ4v) is 2.51. The van der Waals surface area contributed by atoms with E-state index in [0.29, 0.717) is 12.0 Å². The molecule has 1 aliphatic rings. The third-order valence-electron chi connectivity index (χ3n) is 3.76. The Labute approximate surface area is 109 Å². The molecular formula is C15H23NO2. The van der Waals surface area contributed by atoms with Gasteiger partial charge in [-0.3, -0.25) is 0 Å². The van der Waals surface area contributed by atoms with E-state index in [-0.39, 0.29) is 0 Å². The van der Waals surface area contributed by atoms with Crippen LogP contribution in [0, 0.1) is 12.8 Å². The van der Waals surface area contributed by atoms with Crippen molar-refractivity contribution < 1.29 is 9.47 Å². The summed E-state index contributed by atoms with van der Waals surface area (Å²) in [6.45, 7) is 6.14. The zero-order valence-corrected chi connectivity index (χ0v) is 11.5. The van der Waals surface area contributed by atoms with Gasteiger partial charge in [0, 0.05) is 30.3 Å². The number of methoxy groups -OCH3 is 1. The number of rotatable bonds is 5. The van der Waals surface area contributed by atoms with Crippen molar-refractivity contribution in [1.82, 2.24) is 0 Å². The Balaban J connectivity index is 2.10. The van der Waals surface area contributed by atoms with E-state index in [1.54, 1.807) is 7.11 Å². The number of benzene rings is 1. The van der Waals surface area contributed by atoms with Gasteiger partial charge in [0.1, 0.15) is 5.75 Å². The van der Waals surface area contributed by atoms with Gasteiger partial charge in [-0.25, -0.2) is 0 Å². The van der Waals surface area contributed by atoms with Gasteiger partial charge >= 0.3 is 0 Å². The monoisotopic (exact) mass is 249 g/mol. The Bertz CT molecular complexity index is 386. The average Bonchev–Trinajstić information content (AvgIpc) is 2.91. The molecule has 1 fully saturated rings. The highest BCUT2D eigenvalue weighted by atomic mass is 16.5. The quantitative estimate of drug-likeness (QED) is 0.869. The first kappa shape index (κ1) is 13.2. The first-order valence-electron chi connectivity index (χ1n) is 6.73. The Morgan fingerprint density at radius 1 is 1.50 bits per heavy atom. The molecule has 18 heavy (non-hydrogen) atoms. The third kappa shape index (κ3) is 2.96. The molecule has 0 spiro atoms. The zero-order chi connectivity index (χ0) is 13.0. The fraction of sp³-hybridized carbons (Fsp3) is 0.600. The third-order valence-corrected chi connectivity index (χ3v) is 3.76. The molecule has 1 N–H and O–H groups in total. The van der Waals surface area contributed by atoms with Crippen LogP contribution >= 0.6 is 0 Å². The van der Waals surface area contributed by atoms with Crippen molar-refractivity contribution in [2.75, 3.05) is 25.6 Å². The van der Waals surface area contributed by atoms with Gasteiger partial charge in [0.15, 0.2) is 0 Å². The molecule has 0 aromatic heterocycles. The van der Waals surface area contributed by atoms with Crippen LogP contribution in [0.25, 0.3) is 0 Å². The van der Waals surface area contributed by atoms with Crippen LogP contribution in [0.1, 0.15) is 25.3 Å². The number of hydrogen-bond donors (Lipinski definition) is 1. The molecule has 0 amide bonds. The zero-order valence-electron chi connectivity index (χ0n) is 11.5. The minimum Gasteiger partial charge on any atom is -0.497 e. The minimum atomic E-state index is 0.485. The lowest BCUT2D eigenvalue weighted by Gasteiger charge is -2.24. The Morgan fingerprint density at radius 2 is 2.33 bits per heavy atom. The fourth-order valence-electron chi connectivity index (χ4n) is 2.51. The second-order valence-electron chi connectivity index (χ2n) is 4.96. The maximum atomic E-state index is 5.49. The second-order valence-corrected chi connectivity index (χ2v) is 4.96. The number of anilines is 1. The van der Waals surface area contributed by atoms with Gasteiger partial charge in [0.05, 0.1) is 13.7 Å². The first-order valence-corrected chi connectivity index (χ1v) is 6.73. The highest BCUT2D eigenvalue weighted by molar-refractivity contribution is 5.55. The summed E-state index contributed by atoms with van der Waals surface area (Å²) in [6.07, 6.45) is 2.28. The summed E-state index contributed by atoms with van der Waals surface area (Å²) in [4.78, 5) is 0. The topological polar surface area (TPSA) is 30.5 Å².